The van der Waals surface area contributed by atoms with E-state index < -0.39 is 15.1 Å². The monoisotopic (exact) mass is 464 g/mol. The molecular weight excluding hydrogens is 432 g/mol. The number of nitrogens with zero attached hydrogens (tertiary/aromatic N) is 1. The van der Waals surface area contributed by atoms with Crippen LogP contribution in [0.2, 0.25) is 0 Å². The fraction of sp³-hybridized carbons (Fsp3) is 0.444. The number of aromatic nitrogens is 1. The van der Waals surface area contributed by atoms with Crippen molar-refractivity contribution in [1.29, 1.82) is 0 Å². The van der Waals surface area contributed by atoms with Crippen LogP contribution in [0.5, 0.6) is 0 Å². The molecule has 0 bridgehead atoms. The number of H-pyrrole nitrogens is 1. The Morgan fingerprint density at radius 3 is 2.27 bits per heavy atom. The summed E-state index contributed by atoms with van der Waals surface area (Å²) in [5.74, 6) is 0.364. The average Bonchev–Trinajstić information content (AvgIpc) is 3.26. The van der Waals surface area contributed by atoms with Gasteiger partial charge in [-0.15, -0.1) is 0 Å². The van der Waals surface area contributed by atoms with E-state index in [1.807, 2.05) is 35.2 Å². The number of benzene rings is 2. The molecule has 2 heterocycles. The molecule has 3 aromatic rings. The molecule has 0 radical (unpaired) electrons. The second-order valence-corrected chi connectivity index (χ2v) is 11.8. The third-order valence-corrected chi connectivity index (χ3v) is 9.76. The van der Waals surface area contributed by atoms with E-state index in [0.29, 0.717) is 42.8 Å². The van der Waals surface area contributed by atoms with E-state index in [9.17, 15) is 13.2 Å². The van der Waals surface area contributed by atoms with Crippen molar-refractivity contribution in [1.82, 2.24) is 9.88 Å². The van der Waals surface area contributed by atoms with E-state index in [4.69, 9.17) is 0 Å². The molecule has 2 aromatic carbocycles. The SMILES string of the molecule is O=C(c1[nH]c2ccccc2c1S(=O)(=O)C1CCCCC1)N1CCC(Cc2ccccc2)CC1. The summed E-state index contributed by atoms with van der Waals surface area (Å²) in [5, 5.41) is 0.249. The largest absolute Gasteiger partial charge is 0.349 e. The summed E-state index contributed by atoms with van der Waals surface area (Å²) in [6.45, 7) is 1.32. The molecule has 2 fully saturated rings. The van der Waals surface area contributed by atoms with Crippen LogP contribution < -0.4 is 0 Å². The summed E-state index contributed by atoms with van der Waals surface area (Å²) in [6.07, 6.45) is 7.22. The molecule has 1 aliphatic heterocycles. The van der Waals surface area contributed by atoms with Crippen LogP contribution in [-0.4, -0.2) is 42.5 Å². The van der Waals surface area contributed by atoms with Crippen LogP contribution in [0.15, 0.2) is 59.5 Å². The second kappa shape index (κ2) is 9.34. The predicted octanol–water partition coefficient (Wildman–Crippen LogP) is 5.37. The maximum Gasteiger partial charge on any atom is 0.271 e. The maximum absolute atomic E-state index is 13.7. The topological polar surface area (TPSA) is 70.2 Å². The minimum absolute atomic E-state index is 0.182. The highest BCUT2D eigenvalue weighted by Gasteiger charge is 2.37. The molecule has 1 saturated carbocycles. The lowest BCUT2D eigenvalue weighted by Gasteiger charge is -2.32. The number of carbonyl (C=O) groups is 1. The summed E-state index contributed by atoms with van der Waals surface area (Å²) in [6, 6.07) is 17.9. The van der Waals surface area contributed by atoms with Gasteiger partial charge in [0, 0.05) is 24.0 Å². The zero-order valence-electron chi connectivity index (χ0n) is 19.0. The lowest BCUT2D eigenvalue weighted by atomic mass is 9.90. The van der Waals surface area contributed by atoms with Crippen molar-refractivity contribution >= 4 is 26.6 Å². The number of rotatable bonds is 5. The van der Waals surface area contributed by atoms with Crippen molar-refractivity contribution < 1.29 is 13.2 Å². The summed E-state index contributed by atoms with van der Waals surface area (Å²) in [5.41, 5.74) is 2.30. The number of carbonyl (C=O) groups excluding carboxylic acids is 1. The molecule has 1 amide bonds. The van der Waals surface area contributed by atoms with Gasteiger partial charge in [-0.3, -0.25) is 4.79 Å². The summed E-state index contributed by atoms with van der Waals surface area (Å²) < 4.78 is 27.5. The maximum atomic E-state index is 13.7. The molecule has 33 heavy (non-hydrogen) atoms. The lowest BCUT2D eigenvalue weighted by Crippen LogP contribution is -2.39. The normalized spacial score (nSPS) is 18.6. The van der Waals surface area contributed by atoms with Gasteiger partial charge in [0.2, 0.25) is 0 Å². The fourth-order valence-corrected chi connectivity index (χ4v) is 7.74. The molecule has 1 aromatic heterocycles. The van der Waals surface area contributed by atoms with Crippen molar-refractivity contribution in [3.05, 3.63) is 65.9 Å². The summed E-state index contributed by atoms with van der Waals surface area (Å²) in [7, 11) is -3.59. The van der Waals surface area contributed by atoms with E-state index in [-0.39, 0.29) is 16.5 Å². The van der Waals surface area contributed by atoms with E-state index in [1.165, 1.54) is 5.56 Å². The zero-order chi connectivity index (χ0) is 22.8. The molecule has 1 N–H and O–H groups in total. The van der Waals surface area contributed by atoms with E-state index in [1.54, 1.807) is 0 Å². The Bertz CT molecular complexity index is 1220. The number of aromatic amines is 1. The first-order chi connectivity index (χ1) is 16.0. The van der Waals surface area contributed by atoms with Gasteiger partial charge in [-0.2, -0.15) is 0 Å². The Morgan fingerprint density at radius 2 is 1.55 bits per heavy atom. The van der Waals surface area contributed by atoms with Crippen molar-refractivity contribution in [3.8, 4) is 0 Å². The highest BCUT2D eigenvalue weighted by atomic mass is 32.2. The molecule has 0 unspecified atom stereocenters. The lowest BCUT2D eigenvalue weighted by molar-refractivity contribution is 0.0681. The van der Waals surface area contributed by atoms with E-state index >= 15 is 0 Å². The molecule has 1 saturated heterocycles. The van der Waals surface area contributed by atoms with Gasteiger partial charge in [-0.1, -0.05) is 67.8 Å². The van der Waals surface area contributed by atoms with Gasteiger partial charge in [0.05, 0.1) is 5.25 Å². The van der Waals surface area contributed by atoms with Crippen LogP contribution in [0.3, 0.4) is 0 Å². The highest BCUT2D eigenvalue weighted by molar-refractivity contribution is 7.92. The molecule has 0 spiro atoms. The molecule has 1 aliphatic carbocycles. The highest BCUT2D eigenvalue weighted by Crippen LogP contribution is 2.36. The summed E-state index contributed by atoms with van der Waals surface area (Å²) >= 11 is 0. The van der Waals surface area contributed by atoms with Gasteiger partial charge >= 0.3 is 0 Å². The number of hydrogen-bond acceptors (Lipinski definition) is 3. The number of likely N-dealkylation sites (tertiary alicyclic amines) is 1. The first-order valence-electron chi connectivity index (χ1n) is 12.2. The molecule has 5 rings (SSSR count). The Labute approximate surface area is 196 Å². The van der Waals surface area contributed by atoms with Crippen LogP contribution in [0, 0.1) is 5.92 Å². The van der Waals surface area contributed by atoms with Crippen molar-refractivity contribution in [2.24, 2.45) is 5.92 Å². The van der Waals surface area contributed by atoms with Crippen molar-refractivity contribution in [2.45, 2.75) is 61.5 Å². The Morgan fingerprint density at radius 1 is 0.879 bits per heavy atom. The second-order valence-electron chi connectivity index (χ2n) is 9.61. The molecule has 2 aliphatic rings. The number of piperidine rings is 1. The molecule has 6 heteroatoms. The average molecular weight is 465 g/mol. The molecule has 5 nitrogen and oxygen atoms in total. The molecule has 0 atom stereocenters. The smallest absolute Gasteiger partial charge is 0.271 e. The number of amides is 1. The Kier molecular flexibility index (Phi) is 6.28. The van der Waals surface area contributed by atoms with Crippen molar-refractivity contribution in [3.63, 3.8) is 0 Å². The first kappa shape index (κ1) is 22.2. The number of para-hydroxylation sites is 1. The summed E-state index contributed by atoms with van der Waals surface area (Å²) in [4.78, 5) is 18.9. The zero-order valence-corrected chi connectivity index (χ0v) is 19.8. The fourth-order valence-electron chi connectivity index (χ4n) is 5.55. The Balaban J connectivity index is 1.39. The predicted molar refractivity (Wildman–Crippen MR) is 131 cm³/mol. The molecule has 174 valence electrons. The first-order valence-corrected chi connectivity index (χ1v) is 13.8. The molecular formula is C27H32N2O3S. The van der Waals surface area contributed by atoms with Gasteiger partial charge in [-0.25, -0.2) is 8.42 Å². The standard InChI is InChI=1S/C27H32N2O3S/c30-27(29-17-15-21(16-18-29)19-20-9-3-1-4-10-20)25-26(23-13-7-8-14-24(23)28-25)33(31,32)22-11-5-2-6-12-22/h1,3-4,7-10,13-14,21-22,28H,2,5-6,11-12,15-19H2. The minimum atomic E-state index is -3.59. The van der Waals surface area contributed by atoms with E-state index in [2.05, 4.69) is 29.2 Å². The van der Waals surface area contributed by atoms with Crippen LogP contribution >= 0.6 is 0 Å². The van der Waals surface area contributed by atoms with Gasteiger partial charge in [0.15, 0.2) is 9.84 Å². The Hall–Kier alpha value is -2.60. The number of nitrogens with one attached hydrogen (secondary N) is 1. The quantitative estimate of drug-likeness (QED) is 0.552. The van der Waals surface area contributed by atoms with Crippen LogP contribution in [0.25, 0.3) is 10.9 Å². The van der Waals surface area contributed by atoms with Gasteiger partial charge in [0.1, 0.15) is 10.6 Å². The van der Waals surface area contributed by atoms with Gasteiger partial charge < -0.3 is 9.88 Å². The third-order valence-electron chi connectivity index (χ3n) is 7.42. The minimum Gasteiger partial charge on any atom is -0.349 e. The third kappa shape index (κ3) is 4.45. The van der Waals surface area contributed by atoms with Crippen LogP contribution in [-0.2, 0) is 16.3 Å². The van der Waals surface area contributed by atoms with E-state index in [0.717, 1.165) is 38.5 Å². The number of sulfone groups is 1. The van der Waals surface area contributed by atoms with Crippen LogP contribution in [0.1, 0.15) is 61.0 Å². The number of fused-ring (bicyclic) bond motifs is 1. The van der Waals surface area contributed by atoms with Crippen molar-refractivity contribution in [2.75, 3.05) is 13.1 Å². The number of hydrogen-bond donors (Lipinski definition) is 1. The van der Waals surface area contributed by atoms with Crippen LogP contribution in [0.4, 0.5) is 0 Å². The van der Waals surface area contributed by atoms with Gasteiger partial charge in [-0.05, 0) is 49.7 Å². The van der Waals surface area contributed by atoms with Gasteiger partial charge in [0.25, 0.3) is 5.91 Å².